The summed E-state index contributed by atoms with van der Waals surface area (Å²) < 4.78 is 15.5. The van der Waals surface area contributed by atoms with Crippen LogP contribution in [-0.2, 0) is 11.3 Å². The van der Waals surface area contributed by atoms with Crippen LogP contribution in [0.5, 0.6) is 11.8 Å². The van der Waals surface area contributed by atoms with Crippen LogP contribution < -0.4 is 9.47 Å². The number of carbonyl (C=O) groups is 1. The molecular formula is C15H16N2O4. The van der Waals surface area contributed by atoms with Crippen molar-refractivity contribution in [3.8, 4) is 11.8 Å². The molecule has 0 atom stereocenters. The summed E-state index contributed by atoms with van der Waals surface area (Å²) in [4.78, 5) is 19.7. The Labute approximate surface area is 122 Å². The molecule has 0 radical (unpaired) electrons. The molecule has 0 saturated carbocycles. The molecule has 0 N–H and O–H groups in total. The molecule has 2 aromatic rings. The highest BCUT2D eigenvalue weighted by Crippen LogP contribution is 2.22. The second-order valence-electron chi connectivity index (χ2n) is 4.06. The van der Waals surface area contributed by atoms with E-state index in [1.807, 2.05) is 30.3 Å². The van der Waals surface area contributed by atoms with Gasteiger partial charge in [-0.3, -0.25) is 0 Å². The predicted molar refractivity (Wildman–Crippen MR) is 75.3 cm³/mol. The number of methoxy groups -OCH3 is 1. The molecule has 0 spiro atoms. The summed E-state index contributed by atoms with van der Waals surface area (Å²) in [5.74, 6) is -0.163. The standard InChI is InChI=1S/C15H16N2O4/c1-3-20-15(18)12-9-16-13(14(17-12)19-2)21-10-11-7-5-4-6-8-11/h4-9H,3,10H2,1-2H3. The Bertz CT molecular complexity index is 602. The molecule has 110 valence electrons. The number of hydrogen-bond donors (Lipinski definition) is 0. The van der Waals surface area contributed by atoms with Crippen LogP contribution in [0, 0.1) is 0 Å². The van der Waals surface area contributed by atoms with E-state index >= 15 is 0 Å². The number of rotatable bonds is 6. The summed E-state index contributed by atoms with van der Waals surface area (Å²) in [6.45, 7) is 2.33. The average molecular weight is 288 g/mol. The van der Waals surface area contributed by atoms with E-state index in [2.05, 4.69) is 9.97 Å². The van der Waals surface area contributed by atoms with Crippen LogP contribution in [0.3, 0.4) is 0 Å². The molecule has 6 heteroatoms. The van der Waals surface area contributed by atoms with Gasteiger partial charge in [0.2, 0.25) is 0 Å². The molecular weight excluding hydrogens is 272 g/mol. The lowest BCUT2D eigenvalue weighted by Gasteiger charge is -2.09. The highest BCUT2D eigenvalue weighted by atomic mass is 16.5. The zero-order valence-corrected chi connectivity index (χ0v) is 11.9. The van der Waals surface area contributed by atoms with E-state index in [0.29, 0.717) is 6.61 Å². The molecule has 0 aliphatic carbocycles. The summed E-state index contributed by atoms with van der Waals surface area (Å²) in [5.41, 5.74) is 1.08. The fourth-order valence-corrected chi connectivity index (χ4v) is 1.62. The molecule has 0 aliphatic heterocycles. The Hall–Kier alpha value is -2.63. The largest absolute Gasteiger partial charge is 0.477 e. The molecule has 0 aliphatic rings. The molecule has 0 amide bonds. The van der Waals surface area contributed by atoms with Crippen LogP contribution in [0.2, 0.25) is 0 Å². The number of nitrogens with zero attached hydrogens (tertiary/aromatic N) is 2. The molecule has 0 fully saturated rings. The molecule has 0 saturated heterocycles. The van der Waals surface area contributed by atoms with E-state index in [1.54, 1.807) is 6.92 Å². The minimum absolute atomic E-state index is 0.0840. The SMILES string of the molecule is CCOC(=O)c1cnc(OCc2ccccc2)c(OC)n1. The third kappa shape index (κ3) is 3.92. The van der Waals surface area contributed by atoms with E-state index < -0.39 is 5.97 Å². The third-order valence-electron chi connectivity index (χ3n) is 2.61. The minimum atomic E-state index is -0.544. The number of esters is 1. The maximum absolute atomic E-state index is 11.6. The van der Waals surface area contributed by atoms with Crippen LogP contribution >= 0.6 is 0 Å². The zero-order valence-electron chi connectivity index (χ0n) is 11.9. The number of ether oxygens (including phenoxy) is 3. The van der Waals surface area contributed by atoms with E-state index in [4.69, 9.17) is 14.2 Å². The fourth-order valence-electron chi connectivity index (χ4n) is 1.62. The van der Waals surface area contributed by atoms with Crippen molar-refractivity contribution in [2.75, 3.05) is 13.7 Å². The van der Waals surface area contributed by atoms with Crippen molar-refractivity contribution >= 4 is 5.97 Å². The molecule has 0 unspecified atom stereocenters. The van der Waals surface area contributed by atoms with Crippen molar-refractivity contribution in [3.63, 3.8) is 0 Å². The molecule has 0 bridgehead atoms. The van der Waals surface area contributed by atoms with Crippen LogP contribution in [0.25, 0.3) is 0 Å². The van der Waals surface area contributed by atoms with E-state index in [0.717, 1.165) is 5.56 Å². The van der Waals surface area contributed by atoms with Gasteiger partial charge in [0.15, 0.2) is 5.69 Å². The fraction of sp³-hybridized carbons (Fsp3) is 0.267. The van der Waals surface area contributed by atoms with Crippen molar-refractivity contribution in [3.05, 3.63) is 47.8 Å². The number of aromatic nitrogens is 2. The summed E-state index contributed by atoms with van der Waals surface area (Å²) in [5, 5.41) is 0. The lowest BCUT2D eigenvalue weighted by molar-refractivity contribution is 0.0517. The number of benzene rings is 1. The molecule has 1 aromatic heterocycles. The molecule has 1 aromatic carbocycles. The molecule has 1 heterocycles. The topological polar surface area (TPSA) is 70.5 Å². The Kier molecular flexibility index (Phi) is 5.09. The van der Waals surface area contributed by atoms with Gasteiger partial charge >= 0.3 is 5.97 Å². The first-order valence-electron chi connectivity index (χ1n) is 6.49. The van der Waals surface area contributed by atoms with Crippen molar-refractivity contribution in [2.45, 2.75) is 13.5 Å². The van der Waals surface area contributed by atoms with E-state index in [1.165, 1.54) is 13.3 Å². The van der Waals surface area contributed by atoms with Crippen LogP contribution in [-0.4, -0.2) is 29.7 Å². The molecule has 21 heavy (non-hydrogen) atoms. The first-order chi connectivity index (χ1) is 10.2. The first-order valence-corrected chi connectivity index (χ1v) is 6.49. The van der Waals surface area contributed by atoms with Gasteiger partial charge in [0, 0.05) is 0 Å². The van der Waals surface area contributed by atoms with Crippen LogP contribution in [0.15, 0.2) is 36.5 Å². The Morgan fingerprint density at radius 1 is 1.19 bits per heavy atom. The van der Waals surface area contributed by atoms with Crippen molar-refractivity contribution in [2.24, 2.45) is 0 Å². The lowest BCUT2D eigenvalue weighted by atomic mass is 10.2. The quantitative estimate of drug-likeness (QED) is 0.759. The van der Waals surface area contributed by atoms with Crippen molar-refractivity contribution in [1.82, 2.24) is 9.97 Å². The van der Waals surface area contributed by atoms with Crippen molar-refractivity contribution < 1.29 is 19.0 Å². The van der Waals surface area contributed by atoms with Gasteiger partial charge < -0.3 is 14.2 Å². The summed E-state index contributed by atoms with van der Waals surface area (Å²) in [6.07, 6.45) is 1.31. The second-order valence-corrected chi connectivity index (χ2v) is 4.06. The maximum Gasteiger partial charge on any atom is 0.358 e. The van der Waals surface area contributed by atoms with Gasteiger partial charge in [-0.25, -0.2) is 9.78 Å². The normalized spacial score (nSPS) is 10.0. The van der Waals surface area contributed by atoms with Gasteiger partial charge in [-0.15, -0.1) is 0 Å². The van der Waals surface area contributed by atoms with Crippen LogP contribution in [0.4, 0.5) is 0 Å². The van der Waals surface area contributed by atoms with Crippen molar-refractivity contribution in [1.29, 1.82) is 0 Å². The lowest BCUT2D eigenvalue weighted by Crippen LogP contribution is -2.10. The van der Waals surface area contributed by atoms with E-state index in [9.17, 15) is 4.79 Å². The van der Waals surface area contributed by atoms with Gasteiger partial charge in [0.1, 0.15) is 6.61 Å². The highest BCUT2D eigenvalue weighted by Gasteiger charge is 2.15. The summed E-state index contributed by atoms with van der Waals surface area (Å²) >= 11 is 0. The smallest absolute Gasteiger partial charge is 0.358 e. The van der Waals surface area contributed by atoms with Gasteiger partial charge in [-0.1, -0.05) is 30.3 Å². The number of hydrogen-bond acceptors (Lipinski definition) is 6. The summed E-state index contributed by atoms with van der Waals surface area (Å²) in [6, 6.07) is 9.65. The zero-order chi connectivity index (χ0) is 15.1. The Morgan fingerprint density at radius 3 is 2.62 bits per heavy atom. The van der Waals surface area contributed by atoms with Gasteiger partial charge in [-0.05, 0) is 12.5 Å². The highest BCUT2D eigenvalue weighted by molar-refractivity contribution is 5.87. The van der Waals surface area contributed by atoms with Crippen LogP contribution in [0.1, 0.15) is 23.0 Å². The van der Waals surface area contributed by atoms with Gasteiger partial charge in [0.25, 0.3) is 11.8 Å². The average Bonchev–Trinajstić information content (AvgIpc) is 2.54. The molecule has 6 nitrogen and oxygen atoms in total. The summed E-state index contributed by atoms with van der Waals surface area (Å²) in [7, 11) is 1.44. The molecule has 2 rings (SSSR count). The Morgan fingerprint density at radius 2 is 1.95 bits per heavy atom. The second kappa shape index (κ2) is 7.23. The maximum atomic E-state index is 11.6. The predicted octanol–water partition coefficient (Wildman–Crippen LogP) is 2.24. The number of carbonyl (C=O) groups excluding carboxylic acids is 1. The minimum Gasteiger partial charge on any atom is -0.477 e. The monoisotopic (exact) mass is 288 g/mol. The Balaban J connectivity index is 2.11. The van der Waals surface area contributed by atoms with Gasteiger partial charge in [-0.2, -0.15) is 4.98 Å². The van der Waals surface area contributed by atoms with E-state index in [-0.39, 0.29) is 24.1 Å². The first kappa shape index (κ1) is 14.8. The van der Waals surface area contributed by atoms with Gasteiger partial charge in [0.05, 0.1) is 19.9 Å². The third-order valence-corrected chi connectivity index (χ3v) is 2.61.